The van der Waals surface area contributed by atoms with Gasteiger partial charge in [-0.3, -0.25) is 0 Å². The lowest BCUT2D eigenvalue weighted by molar-refractivity contribution is -0.145. The molecule has 0 radical (unpaired) electrons. The second-order valence-electron chi connectivity index (χ2n) is 5.88. The summed E-state index contributed by atoms with van der Waals surface area (Å²) in [7, 11) is 0. The summed E-state index contributed by atoms with van der Waals surface area (Å²) in [4.78, 5) is 12.0. The van der Waals surface area contributed by atoms with Gasteiger partial charge in [-0.2, -0.15) is 0 Å². The van der Waals surface area contributed by atoms with E-state index in [4.69, 9.17) is 21.1 Å². The summed E-state index contributed by atoms with van der Waals surface area (Å²) in [5.41, 5.74) is 2.27. The minimum Gasteiger partial charge on any atom is -0.348 e. The van der Waals surface area contributed by atoms with E-state index in [1.807, 2.05) is 25.1 Å². The van der Waals surface area contributed by atoms with Crippen molar-refractivity contribution in [2.24, 2.45) is 0 Å². The van der Waals surface area contributed by atoms with Crippen molar-refractivity contribution in [3.05, 3.63) is 34.3 Å². The first-order chi connectivity index (χ1) is 10.6. The molecule has 0 aromatic heterocycles. The van der Waals surface area contributed by atoms with Gasteiger partial charge >= 0.3 is 6.03 Å². The third-order valence-corrected chi connectivity index (χ3v) is 4.64. The van der Waals surface area contributed by atoms with Gasteiger partial charge in [-0.25, -0.2) is 4.79 Å². The van der Waals surface area contributed by atoms with E-state index in [0.29, 0.717) is 26.2 Å². The fourth-order valence-electron chi connectivity index (χ4n) is 3.07. The van der Waals surface area contributed by atoms with Crippen LogP contribution in [0.4, 0.5) is 4.79 Å². The molecule has 5 nitrogen and oxygen atoms in total. The SMILES string of the molecule is CC1(CCNC(=O)N[C@H]2CCc3c(Cl)cccc32)OCCO1. The zero-order chi connectivity index (χ0) is 15.6. The van der Waals surface area contributed by atoms with E-state index in [-0.39, 0.29) is 12.1 Å². The highest BCUT2D eigenvalue weighted by atomic mass is 35.5. The molecule has 22 heavy (non-hydrogen) atoms. The number of rotatable bonds is 4. The van der Waals surface area contributed by atoms with E-state index in [2.05, 4.69) is 10.6 Å². The van der Waals surface area contributed by atoms with E-state index in [9.17, 15) is 4.79 Å². The normalized spacial score (nSPS) is 22.4. The summed E-state index contributed by atoms with van der Waals surface area (Å²) in [6.45, 7) is 3.64. The molecule has 1 aliphatic heterocycles. The Labute approximate surface area is 135 Å². The number of carbonyl (C=O) groups is 1. The molecule has 0 bridgehead atoms. The van der Waals surface area contributed by atoms with E-state index in [1.165, 1.54) is 0 Å². The lowest BCUT2D eigenvalue weighted by Crippen LogP contribution is -2.40. The van der Waals surface area contributed by atoms with Crippen LogP contribution in [0.3, 0.4) is 0 Å². The lowest BCUT2D eigenvalue weighted by atomic mass is 10.1. The molecule has 0 unspecified atom stereocenters. The van der Waals surface area contributed by atoms with Crippen LogP contribution in [0.25, 0.3) is 0 Å². The smallest absolute Gasteiger partial charge is 0.315 e. The Kier molecular flexibility index (Phi) is 4.57. The predicted molar refractivity (Wildman–Crippen MR) is 84.0 cm³/mol. The lowest BCUT2D eigenvalue weighted by Gasteiger charge is -2.22. The largest absolute Gasteiger partial charge is 0.348 e. The molecule has 0 spiro atoms. The molecule has 2 amide bonds. The van der Waals surface area contributed by atoms with Gasteiger partial charge in [-0.1, -0.05) is 23.7 Å². The van der Waals surface area contributed by atoms with Gasteiger partial charge < -0.3 is 20.1 Å². The van der Waals surface area contributed by atoms with Crippen LogP contribution in [0.5, 0.6) is 0 Å². The fraction of sp³-hybridized carbons (Fsp3) is 0.562. The van der Waals surface area contributed by atoms with Crippen molar-refractivity contribution >= 4 is 17.6 Å². The van der Waals surface area contributed by atoms with Crippen molar-refractivity contribution in [2.45, 2.75) is 38.0 Å². The maximum absolute atomic E-state index is 12.0. The van der Waals surface area contributed by atoms with Gasteiger partial charge in [0.1, 0.15) is 0 Å². The summed E-state index contributed by atoms with van der Waals surface area (Å²) in [5, 5.41) is 6.66. The zero-order valence-corrected chi connectivity index (χ0v) is 13.4. The number of urea groups is 1. The van der Waals surface area contributed by atoms with Gasteiger partial charge in [-0.15, -0.1) is 0 Å². The van der Waals surface area contributed by atoms with Crippen molar-refractivity contribution in [2.75, 3.05) is 19.8 Å². The Morgan fingerprint density at radius 3 is 2.95 bits per heavy atom. The Hall–Kier alpha value is -1.30. The van der Waals surface area contributed by atoms with Gasteiger partial charge in [-0.05, 0) is 37.0 Å². The predicted octanol–water partition coefficient (Wildman–Crippen LogP) is 2.78. The highest BCUT2D eigenvalue weighted by molar-refractivity contribution is 6.31. The molecule has 120 valence electrons. The summed E-state index contributed by atoms with van der Waals surface area (Å²) in [6.07, 6.45) is 2.42. The van der Waals surface area contributed by atoms with Crippen LogP contribution in [0.15, 0.2) is 18.2 Å². The molecule has 1 saturated heterocycles. The molecule has 6 heteroatoms. The number of carbonyl (C=O) groups excluding carboxylic acids is 1. The molecular formula is C16H21ClN2O3. The van der Waals surface area contributed by atoms with Crippen LogP contribution in [0, 0.1) is 0 Å². The number of hydrogen-bond donors (Lipinski definition) is 2. The van der Waals surface area contributed by atoms with Gasteiger partial charge in [0.05, 0.1) is 19.3 Å². The topological polar surface area (TPSA) is 59.6 Å². The molecular weight excluding hydrogens is 304 g/mol. The first kappa shape index (κ1) is 15.6. The number of halogens is 1. The fourth-order valence-corrected chi connectivity index (χ4v) is 3.35. The van der Waals surface area contributed by atoms with Crippen molar-refractivity contribution < 1.29 is 14.3 Å². The van der Waals surface area contributed by atoms with E-state index in [0.717, 1.165) is 29.0 Å². The number of amides is 2. The van der Waals surface area contributed by atoms with Gasteiger partial charge in [0.25, 0.3) is 0 Å². The van der Waals surface area contributed by atoms with Crippen LogP contribution in [-0.2, 0) is 15.9 Å². The molecule has 1 atom stereocenters. The summed E-state index contributed by atoms with van der Waals surface area (Å²) in [6, 6.07) is 5.71. The van der Waals surface area contributed by atoms with Crippen molar-refractivity contribution in [3.8, 4) is 0 Å². The van der Waals surface area contributed by atoms with Crippen LogP contribution in [0.2, 0.25) is 5.02 Å². The average molecular weight is 325 g/mol. The minimum atomic E-state index is -0.569. The van der Waals surface area contributed by atoms with Crippen LogP contribution in [-0.4, -0.2) is 31.6 Å². The molecule has 2 N–H and O–H groups in total. The summed E-state index contributed by atoms with van der Waals surface area (Å²) < 4.78 is 11.0. The molecule has 1 heterocycles. The van der Waals surface area contributed by atoms with Crippen molar-refractivity contribution in [1.29, 1.82) is 0 Å². The molecule has 1 aromatic carbocycles. The molecule has 1 fully saturated rings. The van der Waals surface area contributed by atoms with Crippen molar-refractivity contribution in [1.82, 2.24) is 10.6 Å². The van der Waals surface area contributed by atoms with Crippen LogP contribution in [0.1, 0.15) is 36.9 Å². The van der Waals surface area contributed by atoms with Gasteiger partial charge in [0, 0.05) is 18.0 Å². The first-order valence-electron chi connectivity index (χ1n) is 7.67. The van der Waals surface area contributed by atoms with E-state index >= 15 is 0 Å². The Balaban J connectivity index is 1.48. The summed E-state index contributed by atoms with van der Waals surface area (Å²) >= 11 is 6.19. The Bertz CT molecular complexity index is 558. The first-order valence-corrected chi connectivity index (χ1v) is 8.05. The quantitative estimate of drug-likeness (QED) is 0.895. The number of ether oxygens (including phenoxy) is 2. The zero-order valence-electron chi connectivity index (χ0n) is 12.7. The number of nitrogens with one attached hydrogen (secondary N) is 2. The third-order valence-electron chi connectivity index (χ3n) is 4.28. The number of benzene rings is 1. The van der Waals surface area contributed by atoms with E-state index in [1.54, 1.807) is 0 Å². The summed E-state index contributed by atoms with van der Waals surface area (Å²) in [5.74, 6) is -0.569. The third kappa shape index (κ3) is 3.37. The van der Waals surface area contributed by atoms with Crippen LogP contribution < -0.4 is 10.6 Å². The highest BCUT2D eigenvalue weighted by Crippen LogP contribution is 2.35. The second-order valence-corrected chi connectivity index (χ2v) is 6.29. The average Bonchev–Trinajstić information content (AvgIpc) is 3.08. The monoisotopic (exact) mass is 324 g/mol. The number of fused-ring (bicyclic) bond motifs is 1. The molecule has 2 aliphatic rings. The highest BCUT2D eigenvalue weighted by Gasteiger charge is 2.30. The maximum Gasteiger partial charge on any atom is 0.315 e. The number of hydrogen-bond acceptors (Lipinski definition) is 3. The standard InChI is InChI=1S/C16H21ClN2O3/c1-16(21-9-10-22-16)7-8-18-15(20)19-14-6-5-11-12(14)3-2-4-13(11)17/h2-4,14H,5-10H2,1H3,(H2,18,19,20)/t14-/m0/s1. The maximum atomic E-state index is 12.0. The molecule has 0 saturated carbocycles. The Morgan fingerprint density at radius 2 is 2.18 bits per heavy atom. The van der Waals surface area contributed by atoms with E-state index < -0.39 is 5.79 Å². The molecule has 1 aliphatic carbocycles. The Morgan fingerprint density at radius 1 is 1.41 bits per heavy atom. The second kappa shape index (κ2) is 6.44. The van der Waals surface area contributed by atoms with Crippen molar-refractivity contribution in [3.63, 3.8) is 0 Å². The van der Waals surface area contributed by atoms with Gasteiger partial charge in [0.2, 0.25) is 0 Å². The molecule has 1 aromatic rings. The molecule has 3 rings (SSSR count). The van der Waals surface area contributed by atoms with Crippen LogP contribution >= 0.6 is 11.6 Å². The van der Waals surface area contributed by atoms with Gasteiger partial charge in [0.15, 0.2) is 5.79 Å². The minimum absolute atomic E-state index is 0.0308.